The van der Waals surface area contributed by atoms with E-state index in [2.05, 4.69) is 0 Å². The summed E-state index contributed by atoms with van der Waals surface area (Å²) in [5, 5.41) is 12.7. The van der Waals surface area contributed by atoms with Crippen LogP contribution in [0.3, 0.4) is 0 Å². The molecule has 0 amide bonds. The van der Waals surface area contributed by atoms with E-state index in [1.807, 2.05) is 16.8 Å². The van der Waals surface area contributed by atoms with Gasteiger partial charge >= 0.3 is 5.97 Å². The lowest BCUT2D eigenvalue weighted by molar-refractivity contribution is -0.131. The quantitative estimate of drug-likeness (QED) is 0.828. The number of benzene rings is 1. The van der Waals surface area contributed by atoms with Gasteiger partial charge in [0.25, 0.3) is 0 Å². The summed E-state index contributed by atoms with van der Waals surface area (Å²) < 4.78 is 10.9. The van der Waals surface area contributed by atoms with Gasteiger partial charge in [0.15, 0.2) is 0 Å². The van der Waals surface area contributed by atoms with Gasteiger partial charge < -0.3 is 14.6 Å². The minimum Gasteiger partial charge on any atom is -0.497 e. The average Bonchev–Trinajstić information content (AvgIpc) is 2.96. The van der Waals surface area contributed by atoms with Crippen molar-refractivity contribution in [2.45, 2.75) is 6.61 Å². The number of hydrogen-bond donors (Lipinski definition) is 1. The van der Waals surface area contributed by atoms with Crippen LogP contribution < -0.4 is 9.47 Å². The maximum atomic E-state index is 10.6. The maximum absolute atomic E-state index is 10.6. The standard InChI is InChI=1S/C15H14O4S/c1-18-13-3-4-14(12(8-13)2-5-15(16)17)19-9-11-6-7-20-10-11/h2-8,10H,9H2,1H3,(H,16,17)/b5-2+. The Kier molecular flexibility index (Phi) is 4.79. The minimum atomic E-state index is -1.00. The molecule has 2 rings (SSSR count). The molecule has 0 aliphatic rings. The summed E-state index contributed by atoms with van der Waals surface area (Å²) in [5.74, 6) is 0.268. The van der Waals surface area contributed by atoms with Crippen molar-refractivity contribution in [2.24, 2.45) is 0 Å². The predicted octanol–water partition coefficient (Wildman–Crippen LogP) is 3.43. The van der Waals surface area contributed by atoms with E-state index < -0.39 is 5.97 Å². The van der Waals surface area contributed by atoms with Crippen LogP contribution in [-0.2, 0) is 11.4 Å². The second kappa shape index (κ2) is 6.77. The first-order valence-corrected chi connectivity index (χ1v) is 6.86. The zero-order valence-corrected chi connectivity index (χ0v) is 11.7. The van der Waals surface area contributed by atoms with E-state index in [9.17, 15) is 4.79 Å². The first-order valence-electron chi connectivity index (χ1n) is 5.92. The number of methoxy groups -OCH3 is 1. The van der Waals surface area contributed by atoms with E-state index in [4.69, 9.17) is 14.6 Å². The molecule has 20 heavy (non-hydrogen) atoms. The topological polar surface area (TPSA) is 55.8 Å². The van der Waals surface area contributed by atoms with E-state index in [0.717, 1.165) is 11.6 Å². The summed E-state index contributed by atoms with van der Waals surface area (Å²) in [5.41, 5.74) is 1.75. The Morgan fingerprint density at radius 3 is 2.90 bits per heavy atom. The Balaban J connectivity index is 2.19. The molecule has 4 nitrogen and oxygen atoms in total. The molecule has 0 spiro atoms. The van der Waals surface area contributed by atoms with Crippen LogP contribution in [-0.4, -0.2) is 18.2 Å². The molecule has 2 aromatic rings. The van der Waals surface area contributed by atoms with Crippen LogP contribution in [0.1, 0.15) is 11.1 Å². The monoisotopic (exact) mass is 290 g/mol. The van der Waals surface area contributed by atoms with Crippen LogP contribution in [0.15, 0.2) is 41.1 Å². The highest BCUT2D eigenvalue weighted by Crippen LogP contribution is 2.26. The zero-order valence-electron chi connectivity index (χ0n) is 10.9. The lowest BCUT2D eigenvalue weighted by Gasteiger charge is -2.10. The molecular formula is C15H14O4S. The van der Waals surface area contributed by atoms with Crippen LogP contribution in [0.5, 0.6) is 11.5 Å². The van der Waals surface area contributed by atoms with Gasteiger partial charge in [0.2, 0.25) is 0 Å². The summed E-state index contributed by atoms with van der Waals surface area (Å²) in [6.07, 6.45) is 2.57. The molecule has 0 radical (unpaired) electrons. The Hall–Kier alpha value is -2.27. The number of carboxylic acid groups (broad SMARTS) is 1. The molecule has 5 heteroatoms. The van der Waals surface area contributed by atoms with Crippen LogP contribution in [0.25, 0.3) is 6.08 Å². The molecule has 0 aliphatic carbocycles. The van der Waals surface area contributed by atoms with Gasteiger partial charge in [0.1, 0.15) is 18.1 Å². The Bertz CT molecular complexity index is 602. The van der Waals surface area contributed by atoms with Crippen LogP contribution in [0.2, 0.25) is 0 Å². The van der Waals surface area contributed by atoms with E-state index in [1.165, 1.54) is 6.08 Å². The molecule has 0 aliphatic heterocycles. The number of carbonyl (C=O) groups is 1. The first kappa shape index (κ1) is 14.1. The summed E-state index contributed by atoms with van der Waals surface area (Å²) in [4.78, 5) is 10.6. The lowest BCUT2D eigenvalue weighted by Crippen LogP contribution is -1.96. The van der Waals surface area contributed by atoms with Crippen LogP contribution >= 0.6 is 11.3 Å². The van der Waals surface area contributed by atoms with E-state index in [0.29, 0.717) is 23.7 Å². The average molecular weight is 290 g/mol. The van der Waals surface area contributed by atoms with Crippen molar-refractivity contribution in [2.75, 3.05) is 7.11 Å². The Labute approximate surface area is 120 Å². The van der Waals surface area contributed by atoms with Gasteiger partial charge in [-0.05, 0) is 46.7 Å². The molecule has 0 bridgehead atoms. The second-order valence-corrected chi connectivity index (χ2v) is 4.78. The molecule has 0 saturated heterocycles. The SMILES string of the molecule is COc1ccc(OCc2ccsc2)c(/C=C/C(=O)O)c1. The molecule has 0 unspecified atom stereocenters. The Morgan fingerprint density at radius 1 is 1.40 bits per heavy atom. The van der Waals surface area contributed by atoms with Crippen molar-refractivity contribution in [1.29, 1.82) is 0 Å². The summed E-state index contributed by atoms with van der Waals surface area (Å²) in [6, 6.07) is 7.27. The largest absolute Gasteiger partial charge is 0.497 e. The number of hydrogen-bond acceptors (Lipinski definition) is 4. The summed E-state index contributed by atoms with van der Waals surface area (Å²) in [7, 11) is 1.56. The molecular weight excluding hydrogens is 276 g/mol. The minimum absolute atomic E-state index is 0.448. The number of rotatable bonds is 6. The molecule has 0 fully saturated rings. The maximum Gasteiger partial charge on any atom is 0.328 e. The van der Waals surface area contributed by atoms with Crippen LogP contribution in [0.4, 0.5) is 0 Å². The fourth-order valence-corrected chi connectivity index (χ4v) is 2.27. The fourth-order valence-electron chi connectivity index (χ4n) is 1.61. The van der Waals surface area contributed by atoms with Crippen molar-refractivity contribution < 1.29 is 19.4 Å². The third kappa shape index (κ3) is 3.86. The van der Waals surface area contributed by atoms with Gasteiger partial charge in [0, 0.05) is 11.6 Å². The third-order valence-electron chi connectivity index (χ3n) is 2.60. The van der Waals surface area contributed by atoms with Crippen molar-refractivity contribution in [3.63, 3.8) is 0 Å². The molecule has 1 N–H and O–H groups in total. The molecule has 0 saturated carbocycles. The number of ether oxygens (including phenoxy) is 2. The zero-order chi connectivity index (χ0) is 14.4. The van der Waals surface area contributed by atoms with Gasteiger partial charge in [-0.15, -0.1) is 0 Å². The molecule has 1 aromatic carbocycles. The smallest absolute Gasteiger partial charge is 0.328 e. The van der Waals surface area contributed by atoms with Crippen molar-refractivity contribution in [1.82, 2.24) is 0 Å². The second-order valence-electron chi connectivity index (χ2n) is 4.00. The van der Waals surface area contributed by atoms with Gasteiger partial charge in [0.05, 0.1) is 7.11 Å². The highest BCUT2D eigenvalue weighted by atomic mass is 32.1. The highest BCUT2D eigenvalue weighted by Gasteiger charge is 2.05. The van der Waals surface area contributed by atoms with E-state index in [1.54, 1.807) is 36.6 Å². The summed E-state index contributed by atoms with van der Waals surface area (Å²) >= 11 is 1.61. The molecule has 0 atom stereocenters. The van der Waals surface area contributed by atoms with Crippen molar-refractivity contribution >= 4 is 23.4 Å². The molecule has 1 heterocycles. The summed E-state index contributed by atoms with van der Waals surface area (Å²) in [6.45, 7) is 0.448. The third-order valence-corrected chi connectivity index (χ3v) is 3.33. The van der Waals surface area contributed by atoms with Crippen molar-refractivity contribution in [3.8, 4) is 11.5 Å². The predicted molar refractivity (Wildman–Crippen MR) is 78.3 cm³/mol. The molecule has 1 aromatic heterocycles. The molecule has 104 valence electrons. The van der Waals surface area contributed by atoms with E-state index >= 15 is 0 Å². The Morgan fingerprint density at radius 2 is 2.25 bits per heavy atom. The van der Waals surface area contributed by atoms with E-state index in [-0.39, 0.29) is 0 Å². The van der Waals surface area contributed by atoms with Gasteiger partial charge in [-0.2, -0.15) is 11.3 Å². The highest BCUT2D eigenvalue weighted by molar-refractivity contribution is 7.07. The first-order chi connectivity index (χ1) is 9.69. The number of carboxylic acids is 1. The van der Waals surface area contributed by atoms with Crippen molar-refractivity contribution in [3.05, 3.63) is 52.2 Å². The normalized spacial score (nSPS) is 10.7. The van der Waals surface area contributed by atoms with Gasteiger partial charge in [-0.3, -0.25) is 0 Å². The van der Waals surface area contributed by atoms with Gasteiger partial charge in [-0.1, -0.05) is 0 Å². The lowest BCUT2D eigenvalue weighted by atomic mass is 10.1. The van der Waals surface area contributed by atoms with Crippen LogP contribution in [0, 0.1) is 0 Å². The van der Waals surface area contributed by atoms with Gasteiger partial charge in [-0.25, -0.2) is 4.79 Å². The number of thiophene rings is 1. The fraction of sp³-hybridized carbons (Fsp3) is 0.133. The number of aliphatic carboxylic acids is 1.